The molecule has 0 aliphatic rings. The molecule has 1 aromatic carbocycles. The van der Waals surface area contributed by atoms with Crippen molar-refractivity contribution in [3.8, 4) is 5.75 Å². The minimum Gasteiger partial charge on any atom is -0.544 e. The molecule has 0 fully saturated rings. The summed E-state index contributed by atoms with van der Waals surface area (Å²) in [7, 11) is -1.62. The van der Waals surface area contributed by atoms with E-state index in [0.717, 1.165) is 28.7 Å². The fourth-order valence-corrected chi connectivity index (χ4v) is 3.14. The van der Waals surface area contributed by atoms with Gasteiger partial charge in [-0.05, 0) is 46.5 Å². The maximum atomic E-state index is 6.15. The van der Waals surface area contributed by atoms with E-state index in [1.165, 1.54) is 0 Å². The van der Waals surface area contributed by atoms with Crippen LogP contribution in [0.3, 0.4) is 0 Å². The summed E-state index contributed by atoms with van der Waals surface area (Å²) >= 11 is 0. The lowest BCUT2D eigenvalue weighted by molar-refractivity contribution is 0.549. The van der Waals surface area contributed by atoms with Crippen LogP contribution >= 0.6 is 0 Å². The third-order valence-electron chi connectivity index (χ3n) is 3.22. The van der Waals surface area contributed by atoms with E-state index in [1.807, 2.05) is 49.7 Å². The number of benzene rings is 1. The Kier molecular flexibility index (Phi) is 4.86. The van der Waals surface area contributed by atoms with E-state index in [0.29, 0.717) is 6.54 Å². The molecule has 0 saturated heterocycles. The van der Waals surface area contributed by atoms with Crippen LogP contribution in [0.5, 0.6) is 5.75 Å². The Morgan fingerprint density at radius 3 is 2.50 bits per heavy atom. The Labute approximate surface area is 134 Å². The summed E-state index contributed by atoms with van der Waals surface area (Å²) < 4.78 is 8.17. The second-order valence-corrected chi connectivity index (χ2v) is 10.9. The van der Waals surface area contributed by atoms with E-state index in [9.17, 15) is 0 Å². The molecule has 118 valence electrons. The van der Waals surface area contributed by atoms with Gasteiger partial charge < -0.3 is 4.43 Å². The highest BCUT2D eigenvalue weighted by molar-refractivity contribution is 6.70. The molecule has 1 aromatic heterocycles. The summed E-state index contributed by atoms with van der Waals surface area (Å²) in [6.07, 6.45) is 2.01. The maximum Gasteiger partial charge on any atom is 0.242 e. The number of aliphatic imine (C=N–C) groups is 1. The van der Waals surface area contributed by atoms with Gasteiger partial charge >= 0.3 is 0 Å². The molecule has 0 N–H and O–H groups in total. The lowest BCUT2D eigenvalue weighted by atomic mass is 10.2. The summed E-state index contributed by atoms with van der Waals surface area (Å²) in [6.45, 7) is 13.2. The second-order valence-electron chi connectivity index (χ2n) is 6.49. The molecule has 0 unspecified atom stereocenters. The maximum absolute atomic E-state index is 6.15. The summed E-state index contributed by atoms with van der Waals surface area (Å²) in [5.41, 5.74) is 2.13. The van der Waals surface area contributed by atoms with Crippen molar-refractivity contribution in [3.63, 3.8) is 0 Å². The third kappa shape index (κ3) is 4.30. The first-order chi connectivity index (χ1) is 10.3. The topological polar surface area (TPSA) is 39.4 Å². The van der Waals surface area contributed by atoms with Crippen LogP contribution in [-0.4, -0.2) is 23.7 Å². The first-order valence-electron chi connectivity index (χ1n) is 7.57. The zero-order chi connectivity index (χ0) is 16.3. The standard InChI is InChI=1S/C17H25N3OSi/c1-13-12-20(15(3)19-13)14(2)18-11-16-9-7-8-10-17(16)21-22(4,5)6/h7-10,12H,11H2,1-6H3. The summed E-state index contributed by atoms with van der Waals surface area (Å²) in [5, 5.41) is 0. The van der Waals surface area contributed by atoms with E-state index in [2.05, 4.69) is 30.7 Å². The average molecular weight is 315 g/mol. The number of hydrogen-bond donors (Lipinski definition) is 0. The molecular formula is C17H25N3OSi. The Morgan fingerprint density at radius 1 is 1.23 bits per heavy atom. The predicted octanol–water partition coefficient (Wildman–Crippen LogP) is 4.18. The largest absolute Gasteiger partial charge is 0.544 e. The molecule has 22 heavy (non-hydrogen) atoms. The van der Waals surface area contributed by atoms with E-state index < -0.39 is 8.32 Å². The molecule has 0 bridgehead atoms. The number of nitrogens with zero attached hydrogens (tertiary/aromatic N) is 3. The number of para-hydroxylation sites is 1. The first kappa shape index (κ1) is 16.5. The van der Waals surface area contributed by atoms with E-state index >= 15 is 0 Å². The Hall–Kier alpha value is -1.88. The van der Waals surface area contributed by atoms with Crippen molar-refractivity contribution in [2.45, 2.75) is 47.0 Å². The monoisotopic (exact) mass is 315 g/mol. The average Bonchev–Trinajstić information content (AvgIpc) is 2.75. The van der Waals surface area contributed by atoms with Crippen LogP contribution in [0, 0.1) is 13.8 Å². The van der Waals surface area contributed by atoms with Crippen LogP contribution in [0.4, 0.5) is 0 Å². The van der Waals surface area contributed by atoms with Crippen molar-refractivity contribution in [2.75, 3.05) is 0 Å². The molecule has 5 heteroatoms. The number of rotatable bonds is 4. The highest BCUT2D eigenvalue weighted by Crippen LogP contribution is 2.22. The third-order valence-corrected chi connectivity index (χ3v) is 4.05. The molecule has 0 aliphatic heterocycles. The minimum atomic E-state index is -1.62. The van der Waals surface area contributed by atoms with Gasteiger partial charge in [0.15, 0.2) is 0 Å². The second kappa shape index (κ2) is 6.48. The highest BCUT2D eigenvalue weighted by atomic mass is 28.4. The van der Waals surface area contributed by atoms with Gasteiger partial charge in [0.05, 0.1) is 12.2 Å². The van der Waals surface area contributed by atoms with Crippen molar-refractivity contribution >= 4 is 14.2 Å². The van der Waals surface area contributed by atoms with Gasteiger partial charge in [0, 0.05) is 11.8 Å². The van der Waals surface area contributed by atoms with Crippen molar-refractivity contribution in [1.29, 1.82) is 0 Å². The van der Waals surface area contributed by atoms with Crippen LogP contribution in [0.15, 0.2) is 35.5 Å². The lowest BCUT2D eigenvalue weighted by Gasteiger charge is -2.21. The lowest BCUT2D eigenvalue weighted by Crippen LogP contribution is -2.29. The minimum absolute atomic E-state index is 0.614. The predicted molar refractivity (Wildman–Crippen MR) is 94.3 cm³/mol. The van der Waals surface area contributed by atoms with Crippen LogP contribution < -0.4 is 4.43 Å². The van der Waals surface area contributed by atoms with Gasteiger partial charge in [0.2, 0.25) is 8.32 Å². The molecule has 0 saturated carbocycles. The van der Waals surface area contributed by atoms with Crippen molar-refractivity contribution in [1.82, 2.24) is 9.55 Å². The van der Waals surface area contributed by atoms with Crippen molar-refractivity contribution in [2.24, 2.45) is 4.99 Å². The Morgan fingerprint density at radius 2 is 1.91 bits per heavy atom. The van der Waals surface area contributed by atoms with Crippen molar-refractivity contribution < 1.29 is 4.43 Å². The van der Waals surface area contributed by atoms with Gasteiger partial charge in [-0.2, -0.15) is 0 Å². The summed E-state index contributed by atoms with van der Waals surface area (Å²) in [4.78, 5) is 9.12. The molecule has 0 radical (unpaired) electrons. The number of hydrogen-bond acceptors (Lipinski definition) is 3. The van der Waals surface area contributed by atoms with Gasteiger partial charge in [0.1, 0.15) is 17.4 Å². The van der Waals surface area contributed by atoms with E-state index in [-0.39, 0.29) is 0 Å². The molecule has 0 atom stereocenters. The SMILES string of the molecule is CC(=NCc1ccccc1O[Si](C)(C)C)n1cc(C)nc1C. The fraction of sp³-hybridized carbons (Fsp3) is 0.412. The zero-order valence-corrected chi connectivity index (χ0v) is 15.3. The summed E-state index contributed by atoms with van der Waals surface area (Å²) in [6, 6.07) is 8.16. The molecule has 2 rings (SSSR count). The van der Waals surface area contributed by atoms with E-state index in [1.54, 1.807) is 0 Å². The van der Waals surface area contributed by atoms with Crippen LogP contribution in [0.25, 0.3) is 0 Å². The number of aryl methyl sites for hydroxylation is 2. The molecule has 0 aliphatic carbocycles. The smallest absolute Gasteiger partial charge is 0.242 e. The quantitative estimate of drug-likeness (QED) is 0.482. The summed E-state index contributed by atoms with van der Waals surface area (Å²) in [5.74, 6) is 2.86. The van der Waals surface area contributed by atoms with Gasteiger partial charge in [-0.3, -0.25) is 9.56 Å². The zero-order valence-electron chi connectivity index (χ0n) is 14.3. The van der Waals surface area contributed by atoms with E-state index in [4.69, 9.17) is 9.42 Å². The van der Waals surface area contributed by atoms with Gasteiger partial charge in [-0.25, -0.2) is 4.98 Å². The number of aromatic nitrogens is 2. The molecular weight excluding hydrogens is 290 g/mol. The van der Waals surface area contributed by atoms with Crippen LogP contribution in [0.1, 0.15) is 24.0 Å². The molecule has 2 aromatic rings. The van der Waals surface area contributed by atoms with Gasteiger partial charge in [-0.15, -0.1) is 0 Å². The van der Waals surface area contributed by atoms with Gasteiger partial charge in [0.25, 0.3) is 0 Å². The van der Waals surface area contributed by atoms with Gasteiger partial charge in [-0.1, -0.05) is 18.2 Å². The normalized spacial score (nSPS) is 12.5. The first-order valence-corrected chi connectivity index (χ1v) is 11.0. The molecule has 0 amide bonds. The fourth-order valence-electron chi connectivity index (χ4n) is 2.29. The van der Waals surface area contributed by atoms with Crippen LogP contribution in [-0.2, 0) is 6.54 Å². The van der Waals surface area contributed by atoms with Crippen molar-refractivity contribution in [3.05, 3.63) is 47.5 Å². The Bertz CT molecular complexity index is 683. The molecule has 1 heterocycles. The molecule has 0 spiro atoms. The number of imidazole rings is 1. The highest BCUT2D eigenvalue weighted by Gasteiger charge is 2.17. The van der Waals surface area contributed by atoms with Crippen LogP contribution in [0.2, 0.25) is 19.6 Å². The Balaban J connectivity index is 2.21. The molecule has 4 nitrogen and oxygen atoms in total.